The van der Waals surface area contributed by atoms with E-state index in [1.165, 1.54) is 59.9 Å². The quantitative estimate of drug-likeness (QED) is 0.0764. The summed E-state index contributed by atoms with van der Waals surface area (Å²) in [5.74, 6) is 1.12. The highest BCUT2D eigenvalue weighted by molar-refractivity contribution is 5.86. The third-order valence-electron chi connectivity index (χ3n) is 10.2. The van der Waals surface area contributed by atoms with Gasteiger partial charge >= 0.3 is 5.97 Å². The van der Waals surface area contributed by atoms with Crippen LogP contribution >= 0.6 is 0 Å². The minimum Gasteiger partial charge on any atom is -0.493 e. The lowest BCUT2D eigenvalue weighted by molar-refractivity contribution is -0.139. The Morgan fingerprint density at radius 2 is 1.50 bits per heavy atom. The molecule has 0 amide bonds. The summed E-state index contributed by atoms with van der Waals surface area (Å²) in [6.07, 6.45) is 13.4. The van der Waals surface area contributed by atoms with Crippen LogP contribution in [0.3, 0.4) is 0 Å². The molecule has 1 saturated carbocycles. The summed E-state index contributed by atoms with van der Waals surface area (Å²) in [4.78, 5) is 11.9. The van der Waals surface area contributed by atoms with E-state index in [1.807, 2.05) is 6.07 Å². The molecule has 1 aliphatic rings. The van der Waals surface area contributed by atoms with Crippen molar-refractivity contribution < 1.29 is 24.5 Å². The van der Waals surface area contributed by atoms with Gasteiger partial charge in [-0.1, -0.05) is 107 Å². The maximum Gasteiger partial charge on any atom is 0.333 e. The molecule has 2 N–H and O–H groups in total. The summed E-state index contributed by atoms with van der Waals surface area (Å²) in [5, 5.41) is 20.3. The number of unbranched alkanes of at least 4 members (excludes halogenated alkanes) is 2. The van der Waals surface area contributed by atoms with Crippen LogP contribution in [0, 0.1) is 5.41 Å². The second-order valence-corrected chi connectivity index (χ2v) is 13.9. The average Bonchev–Trinajstić information content (AvgIpc) is 3.13. The molecule has 0 aliphatic heterocycles. The van der Waals surface area contributed by atoms with Crippen molar-refractivity contribution in [1.82, 2.24) is 0 Å². The fourth-order valence-electron chi connectivity index (χ4n) is 6.98. The standard InChI is InChI=1S/C43H58O5/c1-5-7-11-24-43(30-44,31-45)25-27-47-41-23-21-38(29-39(41)15-12-26-48-42(46)32(3)4)40-22-20-37(28-33(40)6-2)36-18-16-35(17-19-36)34-13-9-8-10-14-34/h16-23,28-29,34,44-45H,3,5-15,24-27,30-31H2,1-2,4H3. The van der Waals surface area contributed by atoms with Crippen molar-refractivity contribution in [3.63, 3.8) is 0 Å². The first-order chi connectivity index (χ1) is 23.3. The zero-order valence-corrected chi connectivity index (χ0v) is 29.7. The Balaban J connectivity index is 1.53. The van der Waals surface area contributed by atoms with Crippen molar-refractivity contribution in [2.45, 2.75) is 110 Å². The summed E-state index contributed by atoms with van der Waals surface area (Å²) in [6.45, 7) is 10.3. The third-order valence-corrected chi connectivity index (χ3v) is 10.2. The van der Waals surface area contributed by atoms with Gasteiger partial charge in [-0.25, -0.2) is 4.79 Å². The zero-order valence-electron chi connectivity index (χ0n) is 29.7. The molecular weight excluding hydrogens is 596 g/mol. The molecule has 3 aromatic rings. The van der Waals surface area contributed by atoms with Crippen LogP contribution in [0.5, 0.6) is 5.75 Å². The molecule has 0 aromatic heterocycles. The van der Waals surface area contributed by atoms with Crippen LogP contribution < -0.4 is 4.74 Å². The van der Waals surface area contributed by atoms with Gasteiger partial charge in [0.2, 0.25) is 0 Å². The summed E-state index contributed by atoms with van der Waals surface area (Å²) in [6, 6.07) is 22.4. The Labute approximate surface area is 289 Å². The molecule has 0 atom stereocenters. The fraction of sp³-hybridized carbons (Fsp3) is 0.512. The number of esters is 1. The van der Waals surface area contributed by atoms with Gasteiger partial charge in [-0.3, -0.25) is 0 Å². The summed E-state index contributed by atoms with van der Waals surface area (Å²) in [5.41, 5.74) is 8.50. The maximum atomic E-state index is 11.9. The normalized spacial score (nSPS) is 13.8. The van der Waals surface area contributed by atoms with E-state index in [2.05, 4.69) is 75.0 Å². The lowest BCUT2D eigenvalue weighted by Gasteiger charge is -2.30. The monoisotopic (exact) mass is 654 g/mol. The van der Waals surface area contributed by atoms with E-state index in [4.69, 9.17) is 9.47 Å². The molecular formula is C43H58O5. The van der Waals surface area contributed by atoms with Crippen LogP contribution in [0.25, 0.3) is 22.3 Å². The predicted molar refractivity (Wildman–Crippen MR) is 197 cm³/mol. The van der Waals surface area contributed by atoms with E-state index < -0.39 is 5.41 Å². The molecule has 48 heavy (non-hydrogen) atoms. The van der Waals surface area contributed by atoms with Crippen LogP contribution in [-0.2, 0) is 22.4 Å². The van der Waals surface area contributed by atoms with Crippen LogP contribution in [0.4, 0.5) is 0 Å². The number of benzene rings is 3. The van der Waals surface area contributed by atoms with Gasteiger partial charge in [0, 0.05) is 11.0 Å². The summed E-state index contributed by atoms with van der Waals surface area (Å²) < 4.78 is 11.7. The molecule has 1 fully saturated rings. The van der Waals surface area contributed by atoms with E-state index in [1.54, 1.807) is 6.92 Å². The van der Waals surface area contributed by atoms with Gasteiger partial charge < -0.3 is 19.7 Å². The second-order valence-electron chi connectivity index (χ2n) is 13.9. The number of hydrogen-bond donors (Lipinski definition) is 2. The summed E-state index contributed by atoms with van der Waals surface area (Å²) >= 11 is 0. The van der Waals surface area contributed by atoms with Gasteiger partial charge in [0.25, 0.3) is 0 Å². The van der Waals surface area contributed by atoms with E-state index in [0.717, 1.165) is 49.0 Å². The summed E-state index contributed by atoms with van der Waals surface area (Å²) in [7, 11) is 0. The zero-order chi connectivity index (χ0) is 34.4. The Morgan fingerprint density at radius 3 is 2.17 bits per heavy atom. The molecule has 5 heteroatoms. The van der Waals surface area contributed by atoms with Gasteiger partial charge in [-0.2, -0.15) is 0 Å². The molecule has 0 radical (unpaired) electrons. The Kier molecular flexibility index (Phi) is 14.8. The number of carbonyl (C=O) groups excluding carboxylic acids is 1. The SMILES string of the molecule is C=C(C)C(=O)OCCCc1cc(-c2ccc(-c3ccc(C4CCCCC4)cc3)cc2CC)ccc1OCCC(CO)(CO)CCCCC. The van der Waals surface area contributed by atoms with E-state index in [9.17, 15) is 15.0 Å². The number of aryl methyl sites for hydroxylation is 2. The predicted octanol–water partition coefficient (Wildman–Crippen LogP) is 10.0. The molecule has 4 rings (SSSR count). The Morgan fingerprint density at radius 1 is 0.812 bits per heavy atom. The molecule has 260 valence electrons. The van der Waals surface area contributed by atoms with Gasteiger partial charge in [0.1, 0.15) is 5.75 Å². The number of ether oxygens (including phenoxy) is 2. The van der Waals surface area contributed by atoms with Gasteiger partial charge in [-0.05, 0) is 109 Å². The number of carbonyl (C=O) groups is 1. The van der Waals surface area contributed by atoms with Crippen LogP contribution in [0.1, 0.15) is 114 Å². The maximum absolute atomic E-state index is 11.9. The minimum absolute atomic E-state index is 0.0586. The second kappa shape index (κ2) is 19.0. The number of aliphatic hydroxyl groups excluding tert-OH is 2. The largest absolute Gasteiger partial charge is 0.493 e. The Hall–Kier alpha value is -3.41. The molecule has 0 saturated heterocycles. The van der Waals surface area contributed by atoms with Crippen molar-refractivity contribution >= 4 is 5.97 Å². The fourth-order valence-corrected chi connectivity index (χ4v) is 6.98. The molecule has 0 unspecified atom stereocenters. The lowest BCUT2D eigenvalue weighted by atomic mass is 9.81. The van der Waals surface area contributed by atoms with E-state index >= 15 is 0 Å². The van der Waals surface area contributed by atoms with Crippen LogP contribution in [0.2, 0.25) is 0 Å². The highest BCUT2D eigenvalue weighted by Crippen LogP contribution is 2.36. The van der Waals surface area contributed by atoms with Crippen molar-refractivity contribution in [3.8, 4) is 28.0 Å². The average molecular weight is 655 g/mol. The lowest BCUT2D eigenvalue weighted by Crippen LogP contribution is -2.32. The highest BCUT2D eigenvalue weighted by Gasteiger charge is 2.28. The van der Waals surface area contributed by atoms with Crippen molar-refractivity contribution in [2.75, 3.05) is 26.4 Å². The van der Waals surface area contributed by atoms with Gasteiger partial charge in [-0.15, -0.1) is 0 Å². The molecule has 3 aromatic carbocycles. The molecule has 0 heterocycles. The number of rotatable bonds is 19. The van der Waals surface area contributed by atoms with E-state index in [0.29, 0.717) is 44.0 Å². The van der Waals surface area contributed by atoms with Crippen molar-refractivity contribution in [3.05, 3.63) is 89.5 Å². The minimum atomic E-state index is -0.542. The molecule has 0 bridgehead atoms. The molecule has 5 nitrogen and oxygen atoms in total. The molecule has 1 aliphatic carbocycles. The van der Waals surface area contributed by atoms with Crippen LogP contribution in [0.15, 0.2) is 72.8 Å². The van der Waals surface area contributed by atoms with Crippen molar-refractivity contribution in [2.24, 2.45) is 5.41 Å². The van der Waals surface area contributed by atoms with Crippen LogP contribution in [-0.4, -0.2) is 42.6 Å². The first-order valence-corrected chi connectivity index (χ1v) is 18.4. The topological polar surface area (TPSA) is 76.0 Å². The van der Waals surface area contributed by atoms with Crippen molar-refractivity contribution in [1.29, 1.82) is 0 Å². The number of aliphatic hydroxyl groups is 2. The van der Waals surface area contributed by atoms with E-state index in [-0.39, 0.29) is 19.2 Å². The molecule has 0 spiro atoms. The first kappa shape index (κ1) is 37.4. The third kappa shape index (κ3) is 10.3. The first-order valence-electron chi connectivity index (χ1n) is 18.4. The number of hydrogen-bond acceptors (Lipinski definition) is 5. The smallest absolute Gasteiger partial charge is 0.333 e. The Bertz CT molecular complexity index is 1450. The highest BCUT2D eigenvalue weighted by atomic mass is 16.5. The van der Waals surface area contributed by atoms with Gasteiger partial charge in [0.15, 0.2) is 0 Å². The van der Waals surface area contributed by atoms with Gasteiger partial charge in [0.05, 0.1) is 26.4 Å².